The Hall–Kier alpha value is -2.08. The minimum absolute atomic E-state index is 0.0601. The van der Waals surface area contributed by atoms with Crippen molar-refractivity contribution < 1.29 is 14.3 Å². The molecule has 23 heavy (non-hydrogen) atoms. The zero-order valence-corrected chi connectivity index (χ0v) is 13.4. The molecular weight excluding hydrogens is 294 g/mol. The van der Waals surface area contributed by atoms with Crippen molar-refractivity contribution in [3.63, 3.8) is 0 Å². The molecule has 6 heteroatoms. The number of carbonyl (C=O) groups excluding carboxylic acids is 2. The minimum Gasteiger partial charge on any atom is -0.376 e. The number of aryl methyl sites for hydroxylation is 1. The number of ether oxygens (including phenoxy) is 1. The molecule has 2 aliphatic rings. The van der Waals surface area contributed by atoms with Crippen molar-refractivity contribution in [1.29, 1.82) is 0 Å². The molecule has 2 heterocycles. The molecule has 1 aromatic carbocycles. The van der Waals surface area contributed by atoms with Crippen molar-refractivity contribution in [2.75, 3.05) is 18.5 Å². The maximum Gasteiger partial charge on any atom is 0.315 e. The van der Waals surface area contributed by atoms with Crippen LogP contribution in [0.4, 0.5) is 10.5 Å². The highest BCUT2D eigenvalue weighted by Crippen LogP contribution is 2.26. The van der Waals surface area contributed by atoms with Gasteiger partial charge in [-0.1, -0.05) is 12.1 Å². The van der Waals surface area contributed by atoms with Gasteiger partial charge in [0, 0.05) is 25.3 Å². The highest BCUT2D eigenvalue weighted by Gasteiger charge is 2.19. The van der Waals surface area contributed by atoms with Crippen LogP contribution in [0.1, 0.15) is 43.4 Å². The second-order valence-corrected chi connectivity index (χ2v) is 6.18. The van der Waals surface area contributed by atoms with E-state index in [9.17, 15) is 9.59 Å². The Bertz CT molecular complexity index is 597. The molecule has 3 amide bonds. The van der Waals surface area contributed by atoms with Crippen molar-refractivity contribution in [2.45, 2.75) is 44.8 Å². The number of fused-ring (bicyclic) bond motifs is 1. The van der Waals surface area contributed by atoms with Gasteiger partial charge in [0.1, 0.15) is 0 Å². The normalized spacial score (nSPS) is 21.3. The summed E-state index contributed by atoms with van der Waals surface area (Å²) in [5.74, 6) is 0.0601. The molecule has 3 N–H and O–H groups in total. The van der Waals surface area contributed by atoms with E-state index in [0.717, 1.165) is 42.7 Å². The van der Waals surface area contributed by atoms with Gasteiger partial charge in [-0.05, 0) is 43.4 Å². The third-order valence-electron chi connectivity index (χ3n) is 4.39. The van der Waals surface area contributed by atoms with E-state index in [1.165, 1.54) is 0 Å². The average Bonchev–Trinajstić information content (AvgIpc) is 3.05. The highest BCUT2D eigenvalue weighted by molar-refractivity contribution is 5.93. The molecule has 124 valence electrons. The molecule has 3 rings (SSSR count). The van der Waals surface area contributed by atoms with Crippen molar-refractivity contribution >= 4 is 17.6 Å². The van der Waals surface area contributed by atoms with Crippen LogP contribution in [0.5, 0.6) is 0 Å². The van der Waals surface area contributed by atoms with E-state index in [2.05, 4.69) is 22.0 Å². The van der Waals surface area contributed by atoms with E-state index in [0.29, 0.717) is 13.0 Å². The molecular formula is C17H23N3O3. The van der Waals surface area contributed by atoms with Gasteiger partial charge in [0.05, 0.1) is 12.1 Å². The highest BCUT2D eigenvalue weighted by atomic mass is 16.5. The lowest BCUT2D eigenvalue weighted by Gasteiger charge is -2.21. The zero-order valence-electron chi connectivity index (χ0n) is 13.4. The monoisotopic (exact) mass is 317 g/mol. The smallest absolute Gasteiger partial charge is 0.315 e. The van der Waals surface area contributed by atoms with Crippen molar-refractivity contribution in [3.8, 4) is 0 Å². The SMILES string of the molecule is CC(NC(=O)NCC1CCCO1)c1ccc2c(c1)CCC(=O)N2. The first-order valence-corrected chi connectivity index (χ1v) is 8.20. The van der Waals surface area contributed by atoms with Gasteiger partial charge in [0.25, 0.3) is 0 Å². The lowest BCUT2D eigenvalue weighted by molar-refractivity contribution is -0.116. The number of hydrogen-bond donors (Lipinski definition) is 3. The first-order chi connectivity index (χ1) is 11.1. The summed E-state index contributed by atoms with van der Waals surface area (Å²) in [6, 6.07) is 5.63. The largest absolute Gasteiger partial charge is 0.376 e. The third-order valence-corrected chi connectivity index (χ3v) is 4.39. The van der Waals surface area contributed by atoms with Crippen LogP contribution in [0.25, 0.3) is 0 Å². The summed E-state index contributed by atoms with van der Waals surface area (Å²) in [4.78, 5) is 23.4. The Balaban J connectivity index is 1.54. The number of carbonyl (C=O) groups is 2. The molecule has 0 bridgehead atoms. The van der Waals surface area contributed by atoms with Crippen LogP contribution in [0.2, 0.25) is 0 Å². The van der Waals surface area contributed by atoms with E-state index in [4.69, 9.17) is 4.74 Å². The fourth-order valence-electron chi connectivity index (χ4n) is 3.02. The van der Waals surface area contributed by atoms with Crippen LogP contribution in [0, 0.1) is 0 Å². The summed E-state index contributed by atoms with van der Waals surface area (Å²) in [5, 5.41) is 8.67. The Morgan fingerprint density at radius 3 is 3.09 bits per heavy atom. The van der Waals surface area contributed by atoms with Crippen molar-refractivity contribution in [2.24, 2.45) is 0 Å². The van der Waals surface area contributed by atoms with E-state index in [1.807, 2.05) is 19.1 Å². The minimum atomic E-state index is -0.181. The maximum absolute atomic E-state index is 12.0. The Labute approximate surface area is 136 Å². The van der Waals surface area contributed by atoms with Gasteiger partial charge in [-0.15, -0.1) is 0 Å². The molecule has 1 saturated heterocycles. The number of anilines is 1. The summed E-state index contributed by atoms with van der Waals surface area (Å²) in [6.07, 6.45) is 3.47. The summed E-state index contributed by atoms with van der Waals surface area (Å²) in [5.41, 5.74) is 3.03. The molecule has 0 spiro atoms. The lowest BCUT2D eigenvalue weighted by Crippen LogP contribution is -2.40. The van der Waals surface area contributed by atoms with Gasteiger partial charge in [-0.2, -0.15) is 0 Å². The number of nitrogens with one attached hydrogen (secondary N) is 3. The zero-order chi connectivity index (χ0) is 16.2. The standard InChI is InChI=1S/C17H23N3O3/c1-11(19-17(22)18-10-14-3-2-8-23-14)12-4-6-15-13(9-12)5-7-16(21)20-15/h4,6,9,11,14H,2-3,5,7-8,10H2,1H3,(H,20,21)(H2,18,19,22). The third kappa shape index (κ3) is 4.01. The van der Waals surface area contributed by atoms with Crippen LogP contribution in [-0.2, 0) is 16.0 Å². The molecule has 0 radical (unpaired) electrons. The Morgan fingerprint density at radius 2 is 2.30 bits per heavy atom. The molecule has 1 aromatic rings. The first kappa shape index (κ1) is 15.8. The fourth-order valence-corrected chi connectivity index (χ4v) is 3.02. The van der Waals surface area contributed by atoms with E-state index in [-0.39, 0.29) is 24.1 Å². The molecule has 6 nitrogen and oxygen atoms in total. The van der Waals surface area contributed by atoms with E-state index < -0.39 is 0 Å². The fraction of sp³-hybridized carbons (Fsp3) is 0.529. The molecule has 0 aromatic heterocycles. The van der Waals surface area contributed by atoms with Gasteiger partial charge in [0.2, 0.25) is 5.91 Å². The van der Waals surface area contributed by atoms with Gasteiger partial charge in [-0.3, -0.25) is 4.79 Å². The second-order valence-electron chi connectivity index (χ2n) is 6.18. The molecule has 2 atom stereocenters. The summed E-state index contributed by atoms with van der Waals surface area (Å²) < 4.78 is 5.49. The Kier molecular flexibility index (Phi) is 4.81. The van der Waals surface area contributed by atoms with Crippen LogP contribution in [-0.4, -0.2) is 31.2 Å². The maximum atomic E-state index is 12.0. The van der Waals surface area contributed by atoms with Crippen LogP contribution < -0.4 is 16.0 Å². The molecule has 2 unspecified atom stereocenters. The van der Waals surface area contributed by atoms with Gasteiger partial charge < -0.3 is 20.7 Å². The molecule has 1 fully saturated rings. The first-order valence-electron chi connectivity index (χ1n) is 8.20. The van der Waals surface area contributed by atoms with E-state index in [1.54, 1.807) is 0 Å². The average molecular weight is 317 g/mol. The van der Waals surface area contributed by atoms with Crippen LogP contribution in [0.15, 0.2) is 18.2 Å². The molecule has 0 aliphatic carbocycles. The summed E-state index contributed by atoms with van der Waals surface area (Å²) in [6.45, 7) is 3.29. The van der Waals surface area contributed by atoms with E-state index >= 15 is 0 Å². The quantitative estimate of drug-likeness (QED) is 0.796. The number of urea groups is 1. The van der Waals surface area contributed by atoms with Crippen molar-refractivity contribution in [3.05, 3.63) is 29.3 Å². The van der Waals surface area contributed by atoms with Crippen LogP contribution >= 0.6 is 0 Å². The molecule has 0 saturated carbocycles. The summed E-state index contributed by atoms with van der Waals surface area (Å²) >= 11 is 0. The number of hydrogen-bond acceptors (Lipinski definition) is 3. The second kappa shape index (κ2) is 7.00. The van der Waals surface area contributed by atoms with Crippen LogP contribution in [0.3, 0.4) is 0 Å². The predicted molar refractivity (Wildman–Crippen MR) is 87.3 cm³/mol. The Morgan fingerprint density at radius 1 is 1.43 bits per heavy atom. The predicted octanol–water partition coefficient (Wildman–Crippen LogP) is 2.11. The van der Waals surface area contributed by atoms with Crippen molar-refractivity contribution in [1.82, 2.24) is 10.6 Å². The number of rotatable bonds is 4. The molecule has 2 aliphatic heterocycles. The van der Waals surface area contributed by atoms with Gasteiger partial charge >= 0.3 is 6.03 Å². The lowest BCUT2D eigenvalue weighted by atomic mass is 9.98. The number of benzene rings is 1. The van der Waals surface area contributed by atoms with Gasteiger partial charge in [-0.25, -0.2) is 4.79 Å². The summed E-state index contributed by atoms with van der Waals surface area (Å²) in [7, 11) is 0. The topological polar surface area (TPSA) is 79.5 Å². The van der Waals surface area contributed by atoms with Gasteiger partial charge in [0.15, 0.2) is 0 Å². The number of amides is 3.